The van der Waals surface area contributed by atoms with Gasteiger partial charge in [-0.2, -0.15) is 0 Å². The first-order chi connectivity index (χ1) is 8.66. The molecule has 1 unspecified atom stereocenters. The molecule has 1 fully saturated rings. The molecule has 1 saturated heterocycles. The molecule has 0 aromatic heterocycles. The summed E-state index contributed by atoms with van der Waals surface area (Å²) in [4.78, 5) is 0. The van der Waals surface area contributed by atoms with Crippen molar-refractivity contribution in [2.24, 2.45) is 0 Å². The van der Waals surface area contributed by atoms with E-state index in [-0.39, 0.29) is 6.10 Å². The summed E-state index contributed by atoms with van der Waals surface area (Å²) in [6.07, 6.45) is 4.03. The van der Waals surface area contributed by atoms with E-state index in [1.54, 1.807) is 0 Å². The van der Waals surface area contributed by atoms with Crippen LogP contribution in [-0.2, 0) is 20.8 Å². The van der Waals surface area contributed by atoms with Gasteiger partial charge >= 0.3 is 0 Å². The van der Waals surface area contributed by atoms with Crippen LogP contribution in [-0.4, -0.2) is 25.1 Å². The molecule has 0 saturated carbocycles. The van der Waals surface area contributed by atoms with Crippen LogP contribution in [0.15, 0.2) is 42.5 Å². The lowest BCUT2D eigenvalue weighted by Gasteiger charge is -2.15. The molecule has 0 spiro atoms. The highest BCUT2D eigenvalue weighted by molar-refractivity contribution is 5.13. The smallest absolute Gasteiger partial charge is 0.163 e. The van der Waals surface area contributed by atoms with Crippen molar-refractivity contribution in [3.63, 3.8) is 0 Å². The molecule has 0 N–H and O–H groups in total. The summed E-state index contributed by atoms with van der Waals surface area (Å²) in [5.41, 5.74) is 1.19. The Morgan fingerprint density at radius 2 is 2.11 bits per heavy atom. The fourth-order valence-electron chi connectivity index (χ4n) is 1.84. The number of ether oxygens (including phenoxy) is 3. The van der Waals surface area contributed by atoms with E-state index in [4.69, 9.17) is 14.2 Å². The second-order valence-electron chi connectivity index (χ2n) is 4.80. The fourth-order valence-corrected chi connectivity index (χ4v) is 1.84. The Kier molecular flexibility index (Phi) is 4.53. The number of rotatable bonds is 5. The topological polar surface area (TPSA) is 27.7 Å². The molecule has 1 aliphatic rings. The Labute approximate surface area is 108 Å². The molecule has 1 atom stereocenters. The monoisotopic (exact) mass is 248 g/mol. The zero-order valence-corrected chi connectivity index (χ0v) is 11.0. The average molecular weight is 248 g/mol. The summed E-state index contributed by atoms with van der Waals surface area (Å²) in [7, 11) is 0. The average Bonchev–Trinajstić information content (AvgIpc) is 2.70. The van der Waals surface area contributed by atoms with Gasteiger partial charge in [0, 0.05) is 0 Å². The highest BCUT2D eigenvalue weighted by atomic mass is 16.7. The zero-order chi connectivity index (χ0) is 12.8. The fraction of sp³-hybridized carbons (Fsp3) is 0.467. The van der Waals surface area contributed by atoms with Crippen LogP contribution in [0.4, 0.5) is 0 Å². The highest BCUT2D eigenvalue weighted by Crippen LogP contribution is 2.22. The summed E-state index contributed by atoms with van der Waals surface area (Å²) in [6.45, 7) is 5.69. The Morgan fingerprint density at radius 1 is 1.33 bits per heavy atom. The highest BCUT2D eigenvalue weighted by Gasteiger charge is 2.30. The summed E-state index contributed by atoms with van der Waals surface area (Å²) in [6, 6.07) is 10.1. The Balaban J connectivity index is 1.64. The molecule has 1 aromatic rings. The van der Waals surface area contributed by atoms with Gasteiger partial charge in [0.1, 0.15) is 6.10 Å². The van der Waals surface area contributed by atoms with Crippen molar-refractivity contribution in [3.8, 4) is 0 Å². The first-order valence-electron chi connectivity index (χ1n) is 6.26. The Morgan fingerprint density at radius 3 is 2.78 bits per heavy atom. The lowest BCUT2D eigenvalue weighted by molar-refractivity contribution is -0.133. The van der Waals surface area contributed by atoms with Crippen molar-refractivity contribution in [3.05, 3.63) is 48.0 Å². The van der Waals surface area contributed by atoms with Gasteiger partial charge in [0.2, 0.25) is 0 Å². The second-order valence-corrected chi connectivity index (χ2v) is 4.80. The van der Waals surface area contributed by atoms with Crippen molar-refractivity contribution in [1.82, 2.24) is 0 Å². The second kappa shape index (κ2) is 6.14. The van der Waals surface area contributed by atoms with Crippen LogP contribution in [0.3, 0.4) is 0 Å². The van der Waals surface area contributed by atoms with Gasteiger partial charge in [-0.3, -0.25) is 0 Å². The van der Waals surface area contributed by atoms with Crippen LogP contribution in [0.2, 0.25) is 0 Å². The molecule has 18 heavy (non-hydrogen) atoms. The predicted molar refractivity (Wildman–Crippen MR) is 70.1 cm³/mol. The van der Waals surface area contributed by atoms with Gasteiger partial charge in [-0.05, 0) is 19.4 Å². The number of hydrogen-bond acceptors (Lipinski definition) is 3. The lowest BCUT2D eigenvalue weighted by atomic mass is 10.2. The third-order valence-corrected chi connectivity index (χ3v) is 2.71. The number of hydrogen-bond donors (Lipinski definition) is 0. The van der Waals surface area contributed by atoms with Crippen LogP contribution in [0.1, 0.15) is 19.4 Å². The van der Waals surface area contributed by atoms with Crippen LogP contribution in [0.5, 0.6) is 0 Å². The Hall–Kier alpha value is -1.16. The summed E-state index contributed by atoms with van der Waals surface area (Å²) >= 11 is 0. The maximum Gasteiger partial charge on any atom is 0.163 e. The quantitative estimate of drug-likeness (QED) is 0.592. The van der Waals surface area contributed by atoms with Gasteiger partial charge in [-0.25, -0.2) is 0 Å². The standard InChI is InChI=1S/C15H20O3/c1-15(2)17-12-14(18-15)9-6-10-16-11-13-7-4-3-5-8-13/h3-9,14H,10-12H2,1-2H3/b9-6-. The first kappa shape index (κ1) is 13.3. The molecule has 1 heterocycles. The molecule has 0 aliphatic carbocycles. The van der Waals surface area contributed by atoms with Crippen molar-refractivity contribution in [2.45, 2.75) is 32.3 Å². The minimum Gasteiger partial charge on any atom is -0.373 e. The van der Waals surface area contributed by atoms with E-state index in [0.29, 0.717) is 19.8 Å². The minimum absolute atomic E-state index is 0.0420. The molecule has 2 rings (SSSR count). The maximum atomic E-state index is 5.65. The molecule has 1 aromatic carbocycles. The maximum absolute atomic E-state index is 5.65. The zero-order valence-electron chi connectivity index (χ0n) is 11.0. The van der Waals surface area contributed by atoms with Crippen LogP contribution >= 0.6 is 0 Å². The number of benzene rings is 1. The van der Waals surface area contributed by atoms with Crippen LogP contribution < -0.4 is 0 Å². The molecular formula is C15H20O3. The Bertz CT molecular complexity index is 384. The third kappa shape index (κ3) is 4.26. The van der Waals surface area contributed by atoms with E-state index < -0.39 is 5.79 Å². The molecule has 3 nitrogen and oxygen atoms in total. The van der Waals surface area contributed by atoms with E-state index >= 15 is 0 Å². The largest absolute Gasteiger partial charge is 0.373 e. The van der Waals surface area contributed by atoms with Gasteiger partial charge in [0.25, 0.3) is 0 Å². The molecule has 1 aliphatic heterocycles. The molecule has 0 amide bonds. The molecule has 0 radical (unpaired) electrons. The van der Waals surface area contributed by atoms with Gasteiger partial charge < -0.3 is 14.2 Å². The normalized spacial score (nSPS) is 22.7. The van der Waals surface area contributed by atoms with E-state index in [9.17, 15) is 0 Å². The summed E-state index contributed by atoms with van der Waals surface area (Å²) in [5, 5.41) is 0. The molecular weight excluding hydrogens is 228 g/mol. The van der Waals surface area contributed by atoms with Crippen molar-refractivity contribution in [2.75, 3.05) is 13.2 Å². The molecule has 3 heteroatoms. The van der Waals surface area contributed by atoms with E-state index in [2.05, 4.69) is 12.1 Å². The van der Waals surface area contributed by atoms with Crippen molar-refractivity contribution in [1.29, 1.82) is 0 Å². The first-order valence-corrected chi connectivity index (χ1v) is 6.26. The van der Waals surface area contributed by atoms with Gasteiger partial charge in [-0.1, -0.05) is 42.5 Å². The van der Waals surface area contributed by atoms with E-state index in [1.807, 2.05) is 44.2 Å². The van der Waals surface area contributed by atoms with Gasteiger partial charge in [-0.15, -0.1) is 0 Å². The lowest BCUT2D eigenvalue weighted by Crippen LogP contribution is -2.20. The summed E-state index contributed by atoms with van der Waals surface area (Å²) in [5.74, 6) is -0.458. The van der Waals surface area contributed by atoms with Crippen LogP contribution in [0, 0.1) is 0 Å². The van der Waals surface area contributed by atoms with Crippen LogP contribution in [0.25, 0.3) is 0 Å². The van der Waals surface area contributed by atoms with Crippen molar-refractivity contribution < 1.29 is 14.2 Å². The predicted octanol–water partition coefficient (Wildman–Crippen LogP) is 2.91. The van der Waals surface area contributed by atoms with Gasteiger partial charge in [0.05, 0.1) is 19.8 Å². The van der Waals surface area contributed by atoms with Gasteiger partial charge in [0.15, 0.2) is 5.79 Å². The molecule has 0 bridgehead atoms. The van der Waals surface area contributed by atoms with E-state index in [1.165, 1.54) is 5.56 Å². The minimum atomic E-state index is -0.458. The molecule has 98 valence electrons. The van der Waals surface area contributed by atoms with E-state index in [0.717, 1.165) is 0 Å². The summed E-state index contributed by atoms with van der Waals surface area (Å²) < 4.78 is 16.7. The SMILES string of the molecule is CC1(C)OCC(/C=C\COCc2ccccc2)O1. The third-order valence-electron chi connectivity index (χ3n) is 2.71. The van der Waals surface area contributed by atoms with Crippen molar-refractivity contribution >= 4 is 0 Å².